The number of hydrogen-bond acceptors (Lipinski definition) is 5. The number of nitrogens with zero attached hydrogens (tertiary/aromatic N) is 2. The summed E-state index contributed by atoms with van der Waals surface area (Å²) in [4.78, 5) is 8.40. The SMILES string of the molecule is Cc1csc(C2COC(N)=N2)n1. The molecule has 5 heteroatoms. The van der Waals surface area contributed by atoms with Gasteiger partial charge in [-0.15, -0.1) is 11.3 Å². The van der Waals surface area contributed by atoms with Gasteiger partial charge in [-0.25, -0.2) is 9.98 Å². The van der Waals surface area contributed by atoms with Gasteiger partial charge in [0.2, 0.25) is 0 Å². The van der Waals surface area contributed by atoms with Crippen molar-refractivity contribution in [1.82, 2.24) is 4.98 Å². The number of thiazole rings is 1. The fraction of sp³-hybridized carbons (Fsp3) is 0.429. The minimum Gasteiger partial charge on any atom is -0.463 e. The second-order valence-electron chi connectivity index (χ2n) is 2.62. The van der Waals surface area contributed by atoms with Crippen LogP contribution in [0, 0.1) is 6.92 Å². The van der Waals surface area contributed by atoms with Gasteiger partial charge in [0.15, 0.2) is 0 Å². The molecule has 12 heavy (non-hydrogen) atoms. The predicted octanol–water partition coefficient (Wildman–Crippen LogP) is 0.838. The molecular weight excluding hydrogens is 174 g/mol. The van der Waals surface area contributed by atoms with Crippen LogP contribution in [-0.2, 0) is 4.74 Å². The summed E-state index contributed by atoms with van der Waals surface area (Å²) in [6.07, 6.45) is 0. The molecule has 2 N–H and O–H groups in total. The molecule has 1 aliphatic rings. The van der Waals surface area contributed by atoms with E-state index in [1.54, 1.807) is 11.3 Å². The summed E-state index contributed by atoms with van der Waals surface area (Å²) in [6, 6.07) is 0.288. The Morgan fingerprint density at radius 3 is 3.08 bits per heavy atom. The van der Waals surface area contributed by atoms with Crippen molar-refractivity contribution < 1.29 is 4.74 Å². The van der Waals surface area contributed by atoms with E-state index >= 15 is 0 Å². The van der Waals surface area contributed by atoms with E-state index < -0.39 is 0 Å². The molecule has 0 aliphatic carbocycles. The highest BCUT2D eigenvalue weighted by Gasteiger charge is 2.21. The van der Waals surface area contributed by atoms with Gasteiger partial charge in [0.05, 0.1) is 0 Å². The topological polar surface area (TPSA) is 60.5 Å². The average molecular weight is 183 g/mol. The first-order chi connectivity index (χ1) is 5.75. The Hall–Kier alpha value is -1.10. The van der Waals surface area contributed by atoms with Crippen molar-refractivity contribution in [3.8, 4) is 0 Å². The average Bonchev–Trinajstić information content (AvgIpc) is 2.58. The van der Waals surface area contributed by atoms with Crippen molar-refractivity contribution in [2.24, 2.45) is 10.7 Å². The van der Waals surface area contributed by atoms with Crippen LogP contribution < -0.4 is 5.73 Å². The first-order valence-corrected chi connectivity index (χ1v) is 4.52. The lowest BCUT2D eigenvalue weighted by Gasteiger charge is -1.97. The quantitative estimate of drug-likeness (QED) is 0.701. The molecule has 2 heterocycles. The van der Waals surface area contributed by atoms with Gasteiger partial charge >= 0.3 is 0 Å². The van der Waals surface area contributed by atoms with Gasteiger partial charge in [0.1, 0.15) is 17.7 Å². The van der Waals surface area contributed by atoms with Crippen molar-refractivity contribution >= 4 is 17.4 Å². The maximum Gasteiger partial charge on any atom is 0.282 e. The van der Waals surface area contributed by atoms with Crippen LogP contribution in [0.1, 0.15) is 16.7 Å². The molecule has 2 rings (SSSR count). The second kappa shape index (κ2) is 2.75. The summed E-state index contributed by atoms with van der Waals surface area (Å²) in [5, 5.41) is 2.98. The Morgan fingerprint density at radius 2 is 2.58 bits per heavy atom. The highest BCUT2D eigenvalue weighted by Crippen LogP contribution is 2.24. The van der Waals surface area contributed by atoms with Crippen molar-refractivity contribution in [3.63, 3.8) is 0 Å². The van der Waals surface area contributed by atoms with Crippen molar-refractivity contribution in [3.05, 3.63) is 16.1 Å². The largest absolute Gasteiger partial charge is 0.463 e. The molecule has 4 nitrogen and oxygen atoms in total. The Balaban J connectivity index is 2.21. The number of amidine groups is 1. The lowest BCUT2D eigenvalue weighted by molar-refractivity contribution is 0.315. The maximum atomic E-state index is 5.37. The van der Waals surface area contributed by atoms with E-state index in [-0.39, 0.29) is 12.1 Å². The van der Waals surface area contributed by atoms with Crippen LogP contribution in [-0.4, -0.2) is 17.6 Å². The fourth-order valence-electron chi connectivity index (χ4n) is 1.04. The van der Waals surface area contributed by atoms with Gasteiger partial charge in [0, 0.05) is 11.1 Å². The van der Waals surface area contributed by atoms with E-state index in [0.29, 0.717) is 6.61 Å². The summed E-state index contributed by atoms with van der Waals surface area (Å²) in [7, 11) is 0. The molecule has 0 aromatic carbocycles. The molecule has 64 valence electrons. The molecule has 0 amide bonds. The predicted molar refractivity (Wildman–Crippen MR) is 47.2 cm³/mol. The Morgan fingerprint density at radius 1 is 1.75 bits per heavy atom. The number of aliphatic imine (C=N–C) groups is 1. The molecule has 1 atom stereocenters. The van der Waals surface area contributed by atoms with Crippen LogP contribution in [0.3, 0.4) is 0 Å². The van der Waals surface area contributed by atoms with E-state index in [1.165, 1.54) is 0 Å². The molecule has 0 spiro atoms. The van der Waals surface area contributed by atoms with Gasteiger partial charge in [-0.1, -0.05) is 0 Å². The lowest BCUT2D eigenvalue weighted by atomic mass is 10.3. The third kappa shape index (κ3) is 1.27. The molecule has 0 bridgehead atoms. The molecule has 1 aromatic rings. The number of rotatable bonds is 1. The first kappa shape index (κ1) is 7.54. The number of aromatic nitrogens is 1. The standard InChI is InChI=1S/C7H9N3OS/c1-4-3-12-6(9-4)5-2-11-7(8)10-5/h3,5H,2H2,1H3,(H2,8,10). The normalized spacial score (nSPS) is 22.1. The molecular formula is C7H9N3OS. The monoisotopic (exact) mass is 183 g/mol. The maximum absolute atomic E-state index is 5.37. The van der Waals surface area contributed by atoms with E-state index in [2.05, 4.69) is 9.98 Å². The Bertz CT molecular complexity index is 320. The van der Waals surface area contributed by atoms with Crippen LogP contribution in [0.15, 0.2) is 10.4 Å². The zero-order chi connectivity index (χ0) is 8.55. The van der Waals surface area contributed by atoms with Gasteiger partial charge < -0.3 is 10.5 Å². The highest BCUT2D eigenvalue weighted by atomic mass is 32.1. The van der Waals surface area contributed by atoms with E-state index in [0.717, 1.165) is 10.7 Å². The Labute approximate surface area is 74.1 Å². The van der Waals surface area contributed by atoms with Crippen LogP contribution >= 0.6 is 11.3 Å². The minimum absolute atomic E-state index is 0.0173. The molecule has 1 aliphatic heterocycles. The zero-order valence-electron chi connectivity index (χ0n) is 6.65. The van der Waals surface area contributed by atoms with E-state index in [1.807, 2.05) is 12.3 Å². The van der Waals surface area contributed by atoms with Crippen LogP contribution in [0.4, 0.5) is 0 Å². The summed E-state index contributed by atoms with van der Waals surface area (Å²) < 4.78 is 5.02. The molecule has 1 aromatic heterocycles. The van der Waals surface area contributed by atoms with E-state index in [4.69, 9.17) is 10.5 Å². The summed E-state index contributed by atoms with van der Waals surface area (Å²) in [6.45, 7) is 2.49. The van der Waals surface area contributed by atoms with Crippen LogP contribution in [0.25, 0.3) is 0 Å². The van der Waals surface area contributed by atoms with Crippen LogP contribution in [0.5, 0.6) is 0 Å². The van der Waals surface area contributed by atoms with Crippen molar-refractivity contribution in [2.45, 2.75) is 13.0 Å². The van der Waals surface area contributed by atoms with Gasteiger partial charge in [-0.3, -0.25) is 0 Å². The van der Waals surface area contributed by atoms with Crippen molar-refractivity contribution in [2.75, 3.05) is 6.61 Å². The highest BCUT2D eigenvalue weighted by molar-refractivity contribution is 7.09. The third-order valence-electron chi connectivity index (χ3n) is 1.59. The van der Waals surface area contributed by atoms with Gasteiger partial charge in [0.25, 0.3) is 6.02 Å². The second-order valence-corrected chi connectivity index (χ2v) is 3.51. The van der Waals surface area contributed by atoms with Gasteiger partial charge in [-0.05, 0) is 6.92 Å². The first-order valence-electron chi connectivity index (χ1n) is 3.64. The third-order valence-corrected chi connectivity index (χ3v) is 2.66. The number of ether oxygens (including phenoxy) is 1. The molecule has 0 fully saturated rings. The molecule has 0 saturated heterocycles. The van der Waals surface area contributed by atoms with Gasteiger partial charge in [-0.2, -0.15) is 0 Å². The van der Waals surface area contributed by atoms with E-state index in [9.17, 15) is 0 Å². The zero-order valence-corrected chi connectivity index (χ0v) is 7.47. The van der Waals surface area contributed by atoms with Crippen LogP contribution in [0.2, 0.25) is 0 Å². The number of aryl methyl sites for hydroxylation is 1. The summed E-state index contributed by atoms with van der Waals surface area (Å²) in [5.74, 6) is 0. The Kier molecular flexibility index (Phi) is 1.73. The summed E-state index contributed by atoms with van der Waals surface area (Å²) in [5.41, 5.74) is 6.40. The number of hydrogen-bond donors (Lipinski definition) is 1. The molecule has 1 unspecified atom stereocenters. The number of nitrogens with two attached hydrogens (primary N) is 1. The molecule has 0 radical (unpaired) electrons. The van der Waals surface area contributed by atoms with Crippen molar-refractivity contribution in [1.29, 1.82) is 0 Å². The minimum atomic E-state index is 0.0173. The lowest BCUT2D eigenvalue weighted by Crippen LogP contribution is -2.10. The smallest absolute Gasteiger partial charge is 0.282 e. The fourth-order valence-corrected chi connectivity index (χ4v) is 1.86. The summed E-state index contributed by atoms with van der Waals surface area (Å²) >= 11 is 1.60. The molecule has 0 saturated carbocycles.